The summed E-state index contributed by atoms with van der Waals surface area (Å²) in [5, 5.41) is 3.15. The monoisotopic (exact) mass is 289 g/mol. The van der Waals surface area contributed by atoms with Crippen LogP contribution in [0.2, 0.25) is 0 Å². The lowest BCUT2D eigenvalue weighted by atomic mass is 10.2. The molecule has 0 spiro atoms. The predicted molar refractivity (Wildman–Crippen MR) is 83.6 cm³/mol. The Bertz CT molecular complexity index is 631. The summed E-state index contributed by atoms with van der Waals surface area (Å²) in [5.74, 6) is 2.54. The van der Waals surface area contributed by atoms with Gasteiger partial charge in [-0.2, -0.15) is 0 Å². The van der Waals surface area contributed by atoms with Crippen LogP contribution in [0.15, 0.2) is 24.5 Å². The molecule has 0 aliphatic heterocycles. The Balaban J connectivity index is 2.40. The van der Waals surface area contributed by atoms with Gasteiger partial charge in [-0.05, 0) is 12.1 Å². The topological polar surface area (TPSA) is 85.5 Å². The van der Waals surface area contributed by atoms with Crippen molar-refractivity contribution < 1.29 is 9.47 Å². The number of nitrogens with one attached hydrogen (secondary N) is 1. The van der Waals surface area contributed by atoms with Crippen LogP contribution < -0.4 is 25.4 Å². The van der Waals surface area contributed by atoms with Gasteiger partial charge in [-0.25, -0.2) is 9.97 Å². The lowest BCUT2D eigenvalue weighted by molar-refractivity contribution is 0.405. The standard InChI is InChI=1S/C14H19N5O2/c1-19(2)14-12(15)13(16-8-17-14)18-10-7-9(20-3)5-6-11(10)21-4/h5-8H,15H2,1-4H3,(H,16,17,18). The third kappa shape index (κ3) is 3.07. The lowest BCUT2D eigenvalue weighted by Crippen LogP contribution is -2.14. The first-order valence-electron chi connectivity index (χ1n) is 6.33. The smallest absolute Gasteiger partial charge is 0.159 e. The first kappa shape index (κ1) is 14.7. The number of rotatable bonds is 5. The van der Waals surface area contributed by atoms with E-state index >= 15 is 0 Å². The second-order valence-corrected chi connectivity index (χ2v) is 4.55. The SMILES string of the molecule is COc1ccc(OC)c(Nc2ncnc(N(C)C)c2N)c1. The number of anilines is 4. The van der Waals surface area contributed by atoms with Crippen LogP contribution in [0.3, 0.4) is 0 Å². The maximum atomic E-state index is 6.09. The summed E-state index contributed by atoms with van der Waals surface area (Å²) in [6.45, 7) is 0. The quantitative estimate of drug-likeness (QED) is 0.869. The Hall–Kier alpha value is -2.70. The van der Waals surface area contributed by atoms with Gasteiger partial charge in [0.2, 0.25) is 0 Å². The largest absolute Gasteiger partial charge is 0.497 e. The highest BCUT2D eigenvalue weighted by Crippen LogP contribution is 2.34. The average molecular weight is 289 g/mol. The van der Waals surface area contributed by atoms with E-state index in [0.29, 0.717) is 34.5 Å². The molecule has 21 heavy (non-hydrogen) atoms. The van der Waals surface area contributed by atoms with Gasteiger partial charge in [0.25, 0.3) is 0 Å². The number of aromatic nitrogens is 2. The van der Waals surface area contributed by atoms with Crippen LogP contribution >= 0.6 is 0 Å². The molecule has 0 atom stereocenters. The van der Waals surface area contributed by atoms with Crippen molar-refractivity contribution >= 4 is 23.0 Å². The van der Waals surface area contributed by atoms with Crippen LogP contribution in [0.5, 0.6) is 11.5 Å². The number of methoxy groups -OCH3 is 2. The summed E-state index contributed by atoms with van der Waals surface area (Å²) in [7, 11) is 6.94. The number of benzene rings is 1. The first-order valence-corrected chi connectivity index (χ1v) is 6.33. The first-order chi connectivity index (χ1) is 10.1. The highest BCUT2D eigenvalue weighted by Gasteiger charge is 2.12. The van der Waals surface area contributed by atoms with Crippen LogP contribution in [0, 0.1) is 0 Å². The molecular weight excluding hydrogens is 270 g/mol. The fourth-order valence-electron chi connectivity index (χ4n) is 1.88. The summed E-state index contributed by atoms with van der Waals surface area (Å²) >= 11 is 0. The van der Waals surface area contributed by atoms with Crippen LogP contribution in [0.25, 0.3) is 0 Å². The predicted octanol–water partition coefficient (Wildman–Crippen LogP) is 1.89. The number of nitrogen functional groups attached to an aromatic ring is 1. The average Bonchev–Trinajstić information content (AvgIpc) is 2.49. The van der Waals surface area contributed by atoms with Gasteiger partial charge in [0, 0.05) is 20.2 Å². The van der Waals surface area contributed by atoms with Gasteiger partial charge in [0.1, 0.15) is 23.5 Å². The number of nitrogens with two attached hydrogens (primary N) is 1. The fourth-order valence-corrected chi connectivity index (χ4v) is 1.88. The minimum Gasteiger partial charge on any atom is -0.497 e. The van der Waals surface area contributed by atoms with Gasteiger partial charge >= 0.3 is 0 Å². The third-order valence-corrected chi connectivity index (χ3v) is 2.95. The molecule has 0 aliphatic rings. The molecule has 1 aromatic heterocycles. The van der Waals surface area contributed by atoms with Crippen molar-refractivity contribution in [3.63, 3.8) is 0 Å². The summed E-state index contributed by atoms with van der Waals surface area (Å²) in [6.07, 6.45) is 1.46. The molecule has 1 aromatic carbocycles. The van der Waals surface area contributed by atoms with Gasteiger partial charge in [0.05, 0.1) is 19.9 Å². The van der Waals surface area contributed by atoms with E-state index < -0.39 is 0 Å². The zero-order valence-corrected chi connectivity index (χ0v) is 12.5. The van der Waals surface area contributed by atoms with E-state index in [1.807, 2.05) is 37.2 Å². The highest BCUT2D eigenvalue weighted by atomic mass is 16.5. The van der Waals surface area contributed by atoms with Gasteiger partial charge in [0.15, 0.2) is 11.6 Å². The van der Waals surface area contributed by atoms with E-state index in [2.05, 4.69) is 15.3 Å². The molecule has 3 N–H and O–H groups in total. The zero-order chi connectivity index (χ0) is 15.4. The summed E-state index contributed by atoms with van der Waals surface area (Å²) < 4.78 is 10.5. The van der Waals surface area contributed by atoms with Gasteiger partial charge in [-0.15, -0.1) is 0 Å². The van der Waals surface area contributed by atoms with E-state index in [-0.39, 0.29) is 0 Å². The van der Waals surface area contributed by atoms with Crippen LogP contribution in [-0.2, 0) is 0 Å². The normalized spacial score (nSPS) is 10.1. The van der Waals surface area contributed by atoms with Gasteiger partial charge in [-0.1, -0.05) is 0 Å². The lowest BCUT2D eigenvalue weighted by Gasteiger charge is -2.17. The third-order valence-electron chi connectivity index (χ3n) is 2.95. The molecule has 7 nitrogen and oxygen atoms in total. The Morgan fingerprint density at radius 3 is 2.52 bits per heavy atom. The summed E-state index contributed by atoms with van der Waals surface area (Å²) in [4.78, 5) is 10.2. The van der Waals surface area contributed by atoms with E-state index in [1.165, 1.54) is 6.33 Å². The van der Waals surface area contributed by atoms with Gasteiger partial charge in [-0.3, -0.25) is 0 Å². The van der Waals surface area contributed by atoms with Crippen LogP contribution in [0.1, 0.15) is 0 Å². The molecule has 2 rings (SSSR count). The molecule has 112 valence electrons. The molecule has 0 amide bonds. The molecule has 0 unspecified atom stereocenters. The van der Waals surface area contributed by atoms with Crippen molar-refractivity contribution in [2.45, 2.75) is 0 Å². The molecule has 1 heterocycles. The summed E-state index contributed by atoms with van der Waals surface area (Å²) in [6, 6.07) is 5.44. The molecule has 0 aliphatic carbocycles. The molecule has 0 radical (unpaired) electrons. The molecule has 2 aromatic rings. The van der Waals surface area contributed by atoms with Crippen molar-refractivity contribution in [2.75, 3.05) is 44.3 Å². The van der Waals surface area contributed by atoms with Crippen molar-refractivity contribution in [3.05, 3.63) is 24.5 Å². The Kier molecular flexibility index (Phi) is 4.32. The molecule has 0 saturated carbocycles. The molecule has 0 bridgehead atoms. The maximum absolute atomic E-state index is 6.09. The summed E-state index contributed by atoms with van der Waals surface area (Å²) in [5.41, 5.74) is 7.27. The molecular formula is C14H19N5O2. The number of hydrogen-bond donors (Lipinski definition) is 2. The second kappa shape index (κ2) is 6.17. The minimum absolute atomic E-state index is 0.465. The Labute approximate surface area is 123 Å². The number of nitrogens with zero attached hydrogens (tertiary/aromatic N) is 3. The minimum atomic E-state index is 0.465. The van der Waals surface area contributed by atoms with Crippen molar-refractivity contribution in [3.8, 4) is 11.5 Å². The highest BCUT2D eigenvalue weighted by molar-refractivity contribution is 5.79. The number of ether oxygens (including phenoxy) is 2. The van der Waals surface area contributed by atoms with Crippen molar-refractivity contribution in [1.29, 1.82) is 0 Å². The second-order valence-electron chi connectivity index (χ2n) is 4.55. The maximum Gasteiger partial charge on any atom is 0.159 e. The van der Waals surface area contributed by atoms with Crippen molar-refractivity contribution in [1.82, 2.24) is 9.97 Å². The van der Waals surface area contributed by atoms with Crippen LogP contribution in [-0.4, -0.2) is 38.3 Å². The van der Waals surface area contributed by atoms with E-state index in [0.717, 1.165) is 0 Å². The van der Waals surface area contributed by atoms with Crippen molar-refractivity contribution in [2.24, 2.45) is 0 Å². The van der Waals surface area contributed by atoms with Gasteiger partial charge < -0.3 is 25.4 Å². The molecule has 7 heteroatoms. The Morgan fingerprint density at radius 2 is 1.90 bits per heavy atom. The zero-order valence-electron chi connectivity index (χ0n) is 12.5. The molecule has 0 fully saturated rings. The fraction of sp³-hybridized carbons (Fsp3) is 0.286. The number of hydrogen-bond acceptors (Lipinski definition) is 7. The van der Waals surface area contributed by atoms with Crippen LogP contribution in [0.4, 0.5) is 23.0 Å². The van der Waals surface area contributed by atoms with E-state index in [9.17, 15) is 0 Å². The van der Waals surface area contributed by atoms with E-state index in [1.54, 1.807) is 14.2 Å². The molecule has 0 saturated heterocycles. The Morgan fingerprint density at radius 1 is 1.14 bits per heavy atom. The van der Waals surface area contributed by atoms with E-state index in [4.69, 9.17) is 15.2 Å².